The van der Waals surface area contributed by atoms with Gasteiger partial charge in [-0.3, -0.25) is 0 Å². The first-order valence-corrected chi connectivity index (χ1v) is 4.24. The lowest BCUT2D eigenvalue weighted by atomic mass is 10.7. The van der Waals surface area contributed by atoms with E-state index in [0.29, 0.717) is 0 Å². The molecule has 0 aliphatic heterocycles. The average molecular weight is 162 g/mol. The van der Waals surface area contributed by atoms with Crippen LogP contribution in [0.25, 0.3) is 0 Å². The van der Waals surface area contributed by atoms with Crippen molar-refractivity contribution in [1.82, 2.24) is 0 Å². The Kier molecular flexibility index (Phi) is 1.80. The Hall–Kier alpha value is -0.770. The lowest BCUT2D eigenvalue weighted by Crippen LogP contribution is -2.10. The second-order valence-corrected chi connectivity index (χ2v) is 3.14. The second-order valence-electron chi connectivity index (χ2n) is 1.67. The van der Waals surface area contributed by atoms with Gasteiger partial charge in [0.1, 0.15) is 0 Å². The van der Waals surface area contributed by atoms with Gasteiger partial charge in [0.05, 0.1) is 6.26 Å². The molecule has 0 unspecified atom stereocenters. The highest BCUT2D eigenvalue weighted by molar-refractivity contribution is 7.54. The van der Waals surface area contributed by atoms with E-state index in [0.717, 1.165) is 0 Å². The van der Waals surface area contributed by atoms with E-state index < -0.39 is 7.67 Å². The average Bonchev–Trinajstić information content (AvgIpc) is 2.12. The number of nitrogens with two attached hydrogens (primary N) is 2. The molecule has 5 nitrogen and oxygen atoms in total. The Morgan fingerprint density at radius 1 is 1.60 bits per heavy atom. The smallest absolute Gasteiger partial charge is 0.387 e. The van der Waals surface area contributed by atoms with Crippen molar-refractivity contribution in [3.05, 3.63) is 18.4 Å². The van der Waals surface area contributed by atoms with Gasteiger partial charge in [-0.25, -0.2) is 15.6 Å². The molecular formula is C4H7N2O3P. The summed E-state index contributed by atoms with van der Waals surface area (Å²) in [7, 11) is -3.45. The van der Waals surface area contributed by atoms with Gasteiger partial charge in [0.2, 0.25) is 0 Å². The molecule has 0 aromatic carbocycles. The molecule has 0 fully saturated rings. The first-order chi connectivity index (χ1) is 4.58. The molecule has 0 amide bonds. The zero-order chi connectivity index (χ0) is 7.61. The van der Waals surface area contributed by atoms with Gasteiger partial charge in [-0.2, -0.15) is 0 Å². The van der Waals surface area contributed by atoms with Crippen LogP contribution in [0.2, 0.25) is 0 Å². The van der Waals surface area contributed by atoms with Gasteiger partial charge in [0, 0.05) is 6.07 Å². The van der Waals surface area contributed by atoms with Crippen LogP contribution in [-0.2, 0) is 4.57 Å². The Labute approximate surface area is 57.5 Å². The van der Waals surface area contributed by atoms with E-state index in [1.807, 2.05) is 0 Å². The van der Waals surface area contributed by atoms with Gasteiger partial charge >= 0.3 is 7.67 Å². The number of furan rings is 1. The largest absolute Gasteiger partial charge is 0.434 e. The quantitative estimate of drug-likeness (QED) is 0.624. The first-order valence-electron chi connectivity index (χ1n) is 2.48. The third-order valence-electron chi connectivity index (χ3n) is 0.728. The van der Waals surface area contributed by atoms with Crippen molar-refractivity contribution in [2.24, 2.45) is 11.0 Å². The van der Waals surface area contributed by atoms with Gasteiger partial charge in [0.15, 0.2) is 0 Å². The molecule has 0 atom stereocenters. The molecule has 0 radical (unpaired) electrons. The number of hydrogen-bond acceptors (Lipinski definition) is 3. The van der Waals surface area contributed by atoms with Crippen LogP contribution in [0.15, 0.2) is 22.8 Å². The summed E-state index contributed by atoms with van der Waals surface area (Å²) in [6.07, 6.45) is 1.37. The molecule has 0 saturated heterocycles. The van der Waals surface area contributed by atoms with Crippen LogP contribution in [-0.4, -0.2) is 0 Å². The summed E-state index contributed by atoms with van der Waals surface area (Å²) in [5.41, 5.74) is 9.76. The fourth-order valence-corrected chi connectivity index (χ4v) is 0.841. The molecule has 1 rings (SSSR count). The molecule has 0 spiro atoms. The van der Waals surface area contributed by atoms with E-state index in [-0.39, 0.29) is 5.95 Å². The van der Waals surface area contributed by atoms with Crippen molar-refractivity contribution in [2.75, 3.05) is 0 Å². The number of hydrogen-bond donors (Lipinski definition) is 2. The fraction of sp³-hybridized carbons (Fsp3) is 0. The minimum absolute atomic E-state index is 0.0633. The Balaban J connectivity index is 2.66. The molecular weight excluding hydrogens is 155 g/mol. The molecule has 4 N–H and O–H groups in total. The summed E-state index contributed by atoms with van der Waals surface area (Å²) in [6.45, 7) is 0. The maximum atomic E-state index is 10.6. The van der Waals surface area contributed by atoms with E-state index in [2.05, 4.69) is 8.94 Å². The molecule has 0 aliphatic carbocycles. The third-order valence-corrected chi connectivity index (χ3v) is 1.19. The Morgan fingerprint density at radius 2 is 2.30 bits per heavy atom. The normalized spacial score (nSPS) is 11.4. The van der Waals surface area contributed by atoms with Crippen LogP contribution in [0.4, 0.5) is 0 Å². The summed E-state index contributed by atoms with van der Waals surface area (Å²) in [6, 6.07) is 3.04. The van der Waals surface area contributed by atoms with Crippen LogP contribution >= 0.6 is 7.67 Å². The maximum absolute atomic E-state index is 10.6. The SMILES string of the molecule is NP(N)(=O)Oc1ccco1. The van der Waals surface area contributed by atoms with E-state index in [4.69, 9.17) is 11.0 Å². The van der Waals surface area contributed by atoms with Crippen molar-refractivity contribution >= 4 is 7.67 Å². The van der Waals surface area contributed by atoms with Crippen molar-refractivity contribution in [2.45, 2.75) is 0 Å². The zero-order valence-corrected chi connectivity index (χ0v) is 5.95. The molecule has 1 aromatic heterocycles. The van der Waals surface area contributed by atoms with E-state index in [1.165, 1.54) is 12.3 Å². The molecule has 1 heterocycles. The molecule has 10 heavy (non-hydrogen) atoms. The summed E-state index contributed by atoms with van der Waals surface area (Å²) in [5.74, 6) is 0.0633. The van der Waals surface area contributed by atoms with E-state index in [9.17, 15) is 4.57 Å². The van der Waals surface area contributed by atoms with Crippen LogP contribution in [0, 0.1) is 0 Å². The Morgan fingerprint density at radius 3 is 2.70 bits per heavy atom. The summed E-state index contributed by atoms with van der Waals surface area (Å²) in [5, 5.41) is 0. The standard InChI is InChI=1S/C4H7N2O3P/c5-10(6,7)9-4-2-1-3-8-4/h1-3H,(H4,5,6,7). The molecule has 0 bridgehead atoms. The molecule has 0 saturated carbocycles. The fourth-order valence-electron chi connectivity index (χ4n) is 0.456. The van der Waals surface area contributed by atoms with Gasteiger partial charge in [-0.05, 0) is 6.07 Å². The summed E-state index contributed by atoms with van der Waals surface area (Å²) < 4.78 is 19.7. The predicted octanol–water partition coefficient (Wildman–Crippen LogP) is 0.684. The lowest BCUT2D eigenvalue weighted by Gasteiger charge is -2.03. The van der Waals surface area contributed by atoms with Crippen LogP contribution in [0.5, 0.6) is 5.95 Å². The van der Waals surface area contributed by atoms with E-state index in [1.54, 1.807) is 6.07 Å². The molecule has 56 valence electrons. The monoisotopic (exact) mass is 162 g/mol. The minimum Gasteiger partial charge on any atom is -0.434 e. The summed E-state index contributed by atoms with van der Waals surface area (Å²) >= 11 is 0. The summed E-state index contributed by atoms with van der Waals surface area (Å²) in [4.78, 5) is 0. The van der Waals surface area contributed by atoms with Gasteiger partial charge in [-0.1, -0.05) is 0 Å². The van der Waals surface area contributed by atoms with E-state index >= 15 is 0 Å². The zero-order valence-electron chi connectivity index (χ0n) is 5.06. The number of rotatable bonds is 2. The highest BCUT2D eigenvalue weighted by Gasteiger charge is 2.11. The minimum atomic E-state index is -3.45. The predicted molar refractivity (Wildman–Crippen MR) is 35.3 cm³/mol. The van der Waals surface area contributed by atoms with Gasteiger partial charge in [-0.15, -0.1) is 0 Å². The van der Waals surface area contributed by atoms with Crippen LogP contribution in [0.1, 0.15) is 0 Å². The maximum Gasteiger partial charge on any atom is 0.387 e. The van der Waals surface area contributed by atoms with Crippen LogP contribution < -0.4 is 15.5 Å². The third kappa shape index (κ3) is 2.23. The van der Waals surface area contributed by atoms with Crippen molar-refractivity contribution in [1.29, 1.82) is 0 Å². The first kappa shape index (κ1) is 7.34. The molecule has 1 aromatic rings. The van der Waals surface area contributed by atoms with Gasteiger partial charge < -0.3 is 8.94 Å². The van der Waals surface area contributed by atoms with Crippen molar-refractivity contribution in [3.63, 3.8) is 0 Å². The highest BCUT2D eigenvalue weighted by atomic mass is 31.2. The second kappa shape index (κ2) is 2.46. The van der Waals surface area contributed by atoms with Crippen molar-refractivity contribution < 1.29 is 13.5 Å². The van der Waals surface area contributed by atoms with Gasteiger partial charge in [0.25, 0.3) is 5.95 Å². The molecule has 0 aliphatic rings. The molecule has 6 heteroatoms. The lowest BCUT2D eigenvalue weighted by molar-refractivity contribution is 0.381. The topological polar surface area (TPSA) is 91.5 Å². The highest BCUT2D eigenvalue weighted by Crippen LogP contribution is 2.29. The Bertz CT molecular complexity index is 239. The van der Waals surface area contributed by atoms with Crippen molar-refractivity contribution in [3.8, 4) is 5.95 Å². The van der Waals surface area contributed by atoms with Crippen LogP contribution in [0.3, 0.4) is 0 Å².